The smallest absolute Gasteiger partial charge is 0.339 e. The van der Waals surface area contributed by atoms with Gasteiger partial charge in [-0.05, 0) is 43.3 Å². The Labute approximate surface area is 175 Å². The minimum absolute atomic E-state index is 0.110. The van der Waals surface area contributed by atoms with Gasteiger partial charge in [0.2, 0.25) is 0 Å². The van der Waals surface area contributed by atoms with Gasteiger partial charge in [0.1, 0.15) is 16.4 Å². The van der Waals surface area contributed by atoms with Crippen molar-refractivity contribution >= 4 is 27.6 Å². The van der Waals surface area contributed by atoms with Crippen LogP contribution in [0, 0.1) is 17.0 Å². The zero-order chi connectivity index (χ0) is 22.6. The summed E-state index contributed by atoms with van der Waals surface area (Å²) in [5.74, 6) is -0.940. The molecule has 12 heteroatoms. The summed E-state index contributed by atoms with van der Waals surface area (Å²) in [5.41, 5.74) is 4.43. The number of furan rings is 1. The van der Waals surface area contributed by atoms with Crippen LogP contribution in [0.1, 0.15) is 26.5 Å². The van der Waals surface area contributed by atoms with Crippen molar-refractivity contribution in [2.24, 2.45) is 0 Å². The van der Waals surface area contributed by atoms with Gasteiger partial charge in [-0.25, -0.2) is 0 Å². The normalized spacial score (nSPS) is 10.9. The van der Waals surface area contributed by atoms with Crippen molar-refractivity contribution < 1.29 is 31.5 Å². The van der Waals surface area contributed by atoms with Gasteiger partial charge in [0.15, 0.2) is 0 Å². The monoisotopic (exact) mass is 445 g/mol. The van der Waals surface area contributed by atoms with Crippen LogP contribution in [0.2, 0.25) is 0 Å². The lowest BCUT2D eigenvalue weighted by atomic mass is 10.2. The van der Waals surface area contributed by atoms with Crippen molar-refractivity contribution in [3.63, 3.8) is 0 Å². The number of nitro benzene ring substituents is 1. The maximum Gasteiger partial charge on any atom is 0.339 e. The third-order valence-corrected chi connectivity index (χ3v) is 5.28. The highest BCUT2D eigenvalue weighted by molar-refractivity contribution is 7.87. The number of hydrogen-bond donors (Lipinski definition) is 2. The van der Waals surface area contributed by atoms with Crippen molar-refractivity contribution in [1.82, 2.24) is 10.9 Å². The van der Waals surface area contributed by atoms with Gasteiger partial charge in [-0.15, -0.1) is 0 Å². The number of nitrogens with one attached hydrogen (secondary N) is 2. The quantitative estimate of drug-likeness (QED) is 0.332. The zero-order valence-electron chi connectivity index (χ0n) is 15.9. The summed E-state index contributed by atoms with van der Waals surface area (Å²) in [7, 11) is -4.32. The average Bonchev–Trinajstić information content (AvgIpc) is 3.18. The summed E-state index contributed by atoms with van der Waals surface area (Å²) < 4.78 is 34.6. The molecule has 3 rings (SSSR count). The largest absolute Gasteiger partial charge is 0.469 e. The molecule has 0 unspecified atom stereocenters. The third-order valence-electron chi connectivity index (χ3n) is 4.03. The Morgan fingerprint density at radius 3 is 2.32 bits per heavy atom. The van der Waals surface area contributed by atoms with Gasteiger partial charge >= 0.3 is 10.1 Å². The molecule has 0 radical (unpaired) electrons. The minimum Gasteiger partial charge on any atom is -0.469 e. The lowest BCUT2D eigenvalue weighted by Gasteiger charge is -2.09. The lowest BCUT2D eigenvalue weighted by Crippen LogP contribution is -2.41. The molecular weight excluding hydrogens is 430 g/mol. The number of amides is 2. The zero-order valence-corrected chi connectivity index (χ0v) is 16.7. The second kappa shape index (κ2) is 8.67. The summed E-state index contributed by atoms with van der Waals surface area (Å²) in [6, 6.07) is 10.9. The van der Waals surface area contributed by atoms with E-state index in [0.29, 0.717) is 5.76 Å². The van der Waals surface area contributed by atoms with E-state index in [1.54, 1.807) is 6.92 Å². The Bertz CT molecular complexity index is 1250. The standard InChI is InChI=1S/C19H15N3O8S/c1-12-17(9-10-29-12)19(24)21-20-18(23)13-5-7-15(8-6-13)30-31(27,28)16-4-2-3-14(11-16)22(25)26/h2-11H,1H3,(H,20,23)(H,21,24). The molecular formula is C19H15N3O8S. The third kappa shape index (κ3) is 5.05. The predicted molar refractivity (Wildman–Crippen MR) is 106 cm³/mol. The molecule has 31 heavy (non-hydrogen) atoms. The highest BCUT2D eigenvalue weighted by Crippen LogP contribution is 2.22. The first-order chi connectivity index (χ1) is 14.7. The van der Waals surface area contributed by atoms with Gasteiger partial charge in [-0.3, -0.25) is 30.6 Å². The first kappa shape index (κ1) is 21.5. The van der Waals surface area contributed by atoms with Crippen LogP contribution in [0.25, 0.3) is 0 Å². The Morgan fingerprint density at radius 1 is 1.03 bits per heavy atom. The van der Waals surface area contributed by atoms with Crippen LogP contribution in [0.3, 0.4) is 0 Å². The molecule has 0 fully saturated rings. The molecule has 2 amide bonds. The highest BCUT2D eigenvalue weighted by atomic mass is 32.2. The first-order valence-corrected chi connectivity index (χ1v) is 10.0. The van der Waals surface area contributed by atoms with E-state index in [1.165, 1.54) is 42.7 Å². The molecule has 1 heterocycles. The number of rotatable bonds is 6. The molecule has 3 aromatic rings. The number of hydrogen-bond acceptors (Lipinski definition) is 8. The van der Waals surface area contributed by atoms with E-state index in [4.69, 9.17) is 8.60 Å². The van der Waals surface area contributed by atoms with E-state index in [2.05, 4.69) is 10.9 Å². The van der Waals surface area contributed by atoms with Crippen molar-refractivity contribution in [3.05, 3.63) is 87.9 Å². The van der Waals surface area contributed by atoms with Gasteiger partial charge in [0.05, 0.1) is 16.7 Å². The molecule has 11 nitrogen and oxygen atoms in total. The average molecular weight is 445 g/mol. The number of benzene rings is 2. The molecule has 160 valence electrons. The van der Waals surface area contributed by atoms with Gasteiger partial charge in [-0.1, -0.05) is 6.07 Å². The molecule has 2 N–H and O–H groups in total. The van der Waals surface area contributed by atoms with E-state index in [9.17, 15) is 28.1 Å². The molecule has 2 aromatic carbocycles. The number of carbonyl (C=O) groups excluding carboxylic acids is 2. The molecule has 0 aliphatic heterocycles. The fraction of sp³-hybridized carbons (Fsp3) is 0.0526. The van der Waals surface area contributed by atoms with Crippen molar-refractivity contribution in [1.29, 1.82) is 0 Å². The first-order valence-electron chi connectivity index (χ1n) is 8.61. The van der Waals surface area contributed by atoms with Crippen LogP contribution in [0.4, 0.5) is 5.69 Å². The van der Waals surface area contributed by atoms with Crippen LogP contribution in [0.5, 0.6) is 5.75 Å². The molecule has 0 aliphatic carbocycles. The molecule has 0 saturated heterocycles. The van der Waals surface area contributed by atoms with Crippen molar-refractivity contribution in [2.75, 3.05) is 0 Å². The highest BCUT2D eigenvalue weighted by Gasteiger charge is 2.20. The number of hydrazine groups is 1. The van der Waals surface area contributed by atoms with Gasteiger partial charge in [-0.2, -0.15) is 8.42 Å². The van der Waals surface area contributed by atoms with E-state index in [1.807, 2.05) is 0 Å². The summed E-state index contributed by atoms with van der Waals surface area (Å²) >= 11 is 0. The second-order valence-corrected chi connectivity index (χ2v) is 7.66. The Kier molecular flexibility index (Phi) is 6.02. The number of nitro groups is 1. The fourth-order valence-corrected chi connectivity index (χ4v) is 3.43. The number of aryl methyl sites for hydroxylation is 1. The summed E-state index contributed by atoms with van der Waals surface area (Å²) in [6.45, 7) is 1.59. The summed E-state index contributed by atoms with van der Waals surface area (Å²) in [4.78, 5) is 33.8. The number of non-ortho nitro benzene ring substituents is 1. The topological polar surface area (TPSA) is 158 Å². The Balaban J connectivity index is 1.65. The molecule has 0 atom stereocenters. The van der Waals surface area contributed by atoms with Crippen LogP contribution in [0.15, 0.2) is 70.2 Å². The fourth-order valence-electron chi connectivity index (χ4n) is 2.46. The van der Waals surface area contributed by atoms with Crippen LogP contribution < -0.4 is 15.0 Å². The second-order valence-electron chi connectivity index (χ2n) is 6.12. The van der Waals surface area contributed by atoms with E-state index >= 15 is 0 Å². The Hall–Kier alpha value is -4.19. The molecule has 0 bridgehead atoms. The van der Waals surface area contributed by atoms with Gasteiger partial charge in [0.25, 0.3) is 17.5 Å². The van der Waals surface area contributed by atoms with Crippen LogP contribution in [-0.2, 0) is 10.1 Å². The predicted octanol–water partition coefficient (Wildman–Crippen LogP) is 2.34. The Morgan fingerprint density at radius 2 is 1.71 bits per heavy atom. The number of nitrogens with zero attached hydrogens (tertiary/aromatic N) is 1. The van der Waals surface area contributed by atoms with E-state index < -0.39 is 32.5 Å². The van der Waals surface area contributed by atoms with Crippen LogP contribution in [-0.4, -0.2) is 25.2 Å². The van der Waals surface area contributed by atoms with E-state index in [0.717, 1.165) is 18.2 Å². The number of carbonyl (C=O) groups is 2. The van der Waals surface area contributed by atoms with Crippen LogP contribution >= 0.6 is 0 Å². The summed E-state index contributed by atoms with van der Waals surface area (Å²) in [6.07, 6.45) is 1.34. The molecule has 0 aliphatic rings. The minimum atomic E-state index is -4.32. The van der Waals surface area contributed by atoms with Crippen molar-refractivity contribution in [3.8, 4) is 5.75 Å². The molecule has 1 aromatic heterocycles. The van der Waals surface area contributed by atoms with Gasteiger partial charge < -0.3 is 8.60 Å². The molecule has 0 saturated carbocycles. The van der Waals surface area contributed by atoms with Crippen molar-refractivity contribution in [2.45, 2.75) is 11.8 Å². The lowest BCUT2D eigenvalue weighted by molar-refractivity contribution is -0.385. The van der Waals surface area contributed by atoms with E-state index in [-0.39, 0.29) is 21.8 Å². The maximum atomic E-state index is 12.3. The maximum absolute atomic E-state index is 12.3. The summed E-state index contributed by atoms with van der Waals surface area (Å²) in [5, 5.41) is 10.8. The molecule has 0 spiro atoms. The SMILES string of the molecule is Cc1occc1C(=O)NNC(=O)c1ccc(OS(=O)(=O)c2cccc([N+](=O)[O-])c2)cc1. The van der Waals surface area contributed by atoms with Gasteiger partial charge in [0, 0.05) is 17.7 Å².